The van der Waals surface area contributed by atoms with Crippen LogP contribution in [0.15, 0.2) is 48.8 Å². The fourth-order valence-corrected chi connectivity index (χ4v) is 2.73. The van der Waals surface area contributed by atoms with Gasteiger partial charge in [-0.1, -0.05) is 23.7 Å². The highest BCUT2D eigenvalue weighted by molar-refractivity contribution is 6.33. The van der Waals surface area contributed by atoms with Crippen LogP contribution in [0.2, 0.25) is 5.02 Å². The van der Waals surface area contributed by atoms with Gasteiger partial charge >= 0.3 is 5.97 Å². The Morgan fingerprint density at radius 3 is 2.76 bits per heavy atom. The number of carbonyl (C=O) groups is 3. The Morgan fingerprint density at radius 2 is 2.00 bits per heavy atom. The zero-order chi connectivity index (χ0) is 21.0. The Balaban J connectivity index is 1.51. The van der Waals surface area contributed by atoms with Crippen molar-refractivity contribution >= 4 is 40.7 Å². The highest BCUT2D eigenvalue weighted by Gasteiger charge is 2.18. The minimum absolute atomic E-state index is 0.0996. The standard InChI is InChI=1S/C20H19ClN4O4/c1-13-7-8-25-10-16(22-17(25)9-13)20(28)29-12-19(27)24(2)11-18(26)23-15-6-4-3-5-14(15)21/h3-10H,11-12H2,1-2H3,(H,23,26). The highest BCUT2D eigenvalue weighted by atomic mass is 35.5. The SMILES string of the molecule is Cc1ccn2cc(C(=O)OCC(=O)N(C)CC(=O)Nc3ccccc3Cl)nc2c1. The van der Waals surface area contributed by atoms with E-state index < -0.39 is 24.4 Å². The molecule has 0 atom stereocenters. The number of nitrogens with one attached hydrogen (secondary N) is 1. The second-order valence-corrected chi connectivity index (χ2v) is 6.86. The lowest BCUT2D eigenvalue weighted by Crippen LogP contribution is -2.37. The van der Waals surface area contributed by atoms with E-state index in [1.54, 1.807) is 34.9 Å². The summed E-state index contributed by atoms with van der Waals surface area (Å²) in [5, 5.41) is 3.02. The predicted molar refractivity (Wildman–Crippen MR) is 108 cm³/mol. The molecule has 0 aliphatic heterocycles. The Labute approximate surface area is 172 Å². The molecule has 8 nitrogen and oxygen atoms in total. The van der Waals surface area contributed by atoms with Gasteiger partial charge in [-0.3, -0.25) is 9.59 Å². The molecule has 0 saturated carbocycles. The van der Waals surface area contributed by atoms with Crippen molar-refractivity contribution in [3.05, 3.63) is 65.1 Å². The lowest BCUT2D eigenvalue weighted by atomic mass is 10.3. The molecule has 0 spiro atoms. The van der Waals surface area contributed by atoms with E-state index in [0.717, 1.165) is 10.5 Å². The molecule has 0 bridgehead atoms. The lowest BCUT2D eigenvalue weighted by molar-refractivity contribution is -0.136. The third-order valence-corrected chi connectivity index (χ3v) is 4.44. The number of nitrogens with zero attached hydrogens (tertiary/aromatic N) is 3. The number of para-hydroxylation sites is 1. The number of aromatic nitrogens is 2. The van der Waals surface area contributed by atoms with Crippen molar-refractivity contribution in [2.75, 3.05) is 25.5 Å². The van der Waals surface area contributed by atoms with E-state index in [0.29, 0.717) is 16.4 Å². The number of amides is 2. The van der Waals surface area contributed by atoms with Gasteiger partial charge in [0.25, 0.3) is 5.91 Å². The number of halogens is 1. The molecule has 1 aromatic carbocycles. The summed E-state index contributed by atoms with van der Waals surface area (Å²) in [5.74, 6) is -1.66. The van der Waals surface area contributed by atoms with E-state index in [1.807, 2.05) is 19.1 Å². The first-order valence-corrected chi connectivity index (χ1v) is 9.12. The van der Waals surface area contributed by atoms with Crippen LogP contribution in [-0.2, 0) is 14.3 Å². The number of ether oxygens (including phenoxy) is 1. The molecule has 2 amide bonds. The molecule has 0 aliphatic carbocycles. The van der Waals surface area contributed by atoms with Crippen molar-refractivity contribution in [1.29, 1.82) is 0 Å². The zero-order valence-corrected chi connectivity index (χ0v) is 16.6. The average molecular weight is 415 g/mol. The summed E-state index contributed by atoms with van der Waals surface area (Å²) in [6.07, 6.45) is 3.31. The maximum atomic E-state index is 12.2. The van der Waals surface area contributed by atoms with Crippen LogP contribution in [0.5, 0.6) is 0 Å². The molecule has 0 unspecified atom stereocenters. The topological polar surface area (TPSA) is 93.0 Å². The van der Waals surface area contributed by atoms with Gasteiger partial charge in [-0.05, 0) is 36.8 Å². The quantitative estimate of drug-likeness (QED) is 0.626. The molecular formula is C20H19ClN4O4. The van der Waals surface area contributed by atoms with Gasteiger partial charge < -0.3 is 19.4 Å². The number of esters is 1. The van der Waals surface area contributed by atoms with Crippen molar-refractivity contribution < 1.29 is 19.1 Å². The molecule has 1 N–H and O–H groups in total. The van der Waals surface area contributed by atoms with Crippen LogP contribution in [0.3, 0.4) is 0 Å². The summed E-state index contributed by atoms with van der Waals surface area (Å²) < 4.78 is 6.72. The van der Waals surface area contributed by atoms with Crippen molar-refractivity contribution in [3.63, 3.8) is 0 Å². The minimum Gasteiger partial charge on any atom is -0.451 e. The summed E-state index contributed by atoms with van der Waals surface area (Å²) in [6, 6.07) is 10.5. The normalized spacial score (nSPS) is 10.6. The maximum absolute atomic E-state index is 12.2. The first-order valence-electron chi connectivity index (χ1n) is 8.74. The van der Waals surface area contributed by atoms with Crippen LogP contribution in [0.1, 0.15) is 16.1 Å². The second-order valence-electron chi connectivity index (χ2n) is 6.45. The number of likely N-dealkylation sites (N-methyl/N-ethyl adjacent to an activating group) is 1. The first-order chi connectivity index (χ1) is 13.8. The van der Waals surface area contributed by atoms with Gasteiger partial charge in [0.05, 0.1) is 17.3 Å². The van der Waals surface area contributed by atoms with Crippen LogP contribution in [-0.4, -0.2) is 52.3 Å². The van der Waals surface area contributed by atoms with Crippen molar-refractivity contribution in [1.82, 2.24) is 14.3 Å². The third-order valence-electron chi connectivity index (χ3n) is 4.11. The molecule has 0 aliphatic rings. The monoisotopic (exact) mass is 414 g/mol. The Bertz CT molecular complexity index is 1080. The Hall–Kier alpha value is -3.39. The van der Waals surface area contributed by atoms with Crippen LogP contribution >= 0.6 is 11.6 Å². The average Bonchev–Trinajstić information content (AvgIpc) is 3.10. The van der Waals surface area contributed by atoms with Crippen molar-refractivity contribution in [2.24, 2.45) is 0 Å². The molecule has 0 radical (unpaired) electrons. The van der Waals surface area contributed by atoms with E-state index in [1.165, 1.54) is 13.2 Å². The first kappa shape index (κ1) is 20.3. The molecule has 3 rings (SSSR count). The molecule has 9 heteroatoms. The fraction of sp³-hybridized carbons (Fsp3) is 0.200. The molecule has 3 aromatic rings. The van der Waals surface area contributed by atoms with E-state index in [9.17, 15) is 14.4 Å². The predicted octanol–water partition coefficient (Wildman–Crippen LogP) is 2.55. The van der Waals surface area contributed by atoms with Gasteiger partial charge in [-0.15, -0.1) is 0 Å². The number of carbonyl (C=O) groups excluding carboxylic acids is 3. The molecule has 150 valence electrons. The lowest BCUT2D eigenvalue weighted by Gasteiger charge is -2.17. The molecule has 0 saturated heterocycles. The molecule has 0 fully saturated rings. The van der Waals surface area contributed by atoms with Crippen LogP contribution < -0.4 is 5.32 Å². The fourth-order valence-electron chi connectivity index (χ4n) is 2.55. The van der Waals surface area contributed by atoms with E-state index in [-0.39, 0.29) is 12.2 Å². The van der Waals surface area contributed by atoms with Gasteiger partial charge in [0.1, 0.15) is 5.65 Å². The molecule has 2 heterocycles. The summed E-state index contributed by atoms with van der Waals surface area (Å²) in [6.45, 7) is 1.21. The van der Waals surface area contributed by atoms with Crippen molar-refractivity contribution in [2.45, 2.75) is 6.92 Å². The summed E-state index contributed by atoms with van der Waals surface area (Å²) in [4.78, 5) is 41.8. The third kappa shape index (κ3) is 5.11. The van der Waals surface area contributed by atoms with E-state index in [2.05, 4.69) is 10.3 Å². The van der Waals surface area contributed by atoms with Gasteiger partial charge in [0, 0.05) is 19.4 Å². The number of imidazole rings is 1. The zero-order valence-electron chi connectivity index (χ0n) is 15.9. The van der Waals surface area contributed by atoms with E-state index in [4.69, 9.17) is 16.3 Å². The Morgan fingerprint density at radius 1 is 1.24 bits per heavy atom. The van der Waals surface area contributed by atoms with Crippen LogP contribution in [0.25, 0.3) is 5.65 Å². The number of hydrogen-bond acceptors (Lipinski definition) is 5. The van der Waals surface area contributed by atoms with Gasteiger partial charge in [-0.25, -0.2) is 9.78 Å². The second kappa shape index (κ2) is 8.74. The summed E-state index contributed by atoms with van der Waals surface area (Å²) in [7, 11) is 1.44. The molecule has 2 aromatic heterocycles. The maximum Gasteiger partial charge on any atom is 0.359 e. The number of hydrogen-bond donors (Lipinski definition) is 1. The minimum atomic E-state index is -0.714. The largest absolute Gasteiger partial charge is 0.451 e. The number of fused-ring (bicyclic) bond motifs is 1. The number of aryl methyl sites for hydroxylation is 1. The molecular weight excluding hydrogens is 396 g/mol. The van der Waals surface area contributed by atoms with Crippen molar-refractivity contribution in [3.8, 4) is 0 Å². The van der Waals surface area contributed by atoms with Gasteiger partial charge in [-0.2, -0.15) is 0 Å². The van der Waals surface area contributed by atoms with Gasteiger partial charge in [0.15, 0.2) is 12.3 Å². The smallest absolute Gasteiger partial charge is 0.359 e. The molecule has 29 heavy (non-hydrogen) atoms. The highest BCUT2D eigenvalue weighted by Crippen LogP contribution is 2.20. The van der Waals surface area contributed by atoms with Gasteiger partial charge in [0.2, 0.25) is 5.91 Å². The summed E-state index contributed by atoms with van der Waals surface area (Å²) >= 11 is 5.99. The van der Waals surface area contributed by atoms with E-state index >= 15 is 0 Å². The number of pyridine rings is 1. The van der Waals surface area contributed by atoms with Crippen LogP contribution in [0, 0.1) is 6.92 Å². The summed E-state index contributed by atoms with van der Waals surface area (Å²) in [5.41, 5.74) is 2.17. The Kier molecular flexibility index (Phi) is 6.13. The van der Waals surface area contributed by atoms with Crippen LogP contribution in [0.4, 0.5) is 5.69 Å². The number of benzene rings is 1. The number of anilines is 1. The number of rotatable bonds is 6.